The zero-order valence-corrected chi connectivity index (χ0v) is 13.5. The Bertz CT molecular complexity index is 680. The summed E-state index contributed by atoms with van der Waals surface area (Å²) in [6, 6.07) is 3.44. The molecule has 2 aromatic heterocycles. The Balaban J connectivity index is 1.62. The van der Waals surface area contributed by atoms with Gasteiger partial charge in [0.05, 0.1) is 19.2 Å². The van der Waals surface area contributed by atoms with E-state index in [9.17, 15) is 4.79 Å². The number of amides is 2. The molecule has 1 saturated heterocycles. The van der Waals surface area contributed by atoms with Gasteiger partial charge in [-0.2, -0.15) is 0 Å². The van der Waals surface area contributed by atoms with Gasteiger partial charge in [-0.15, -0.1) is 10.2 Å². The van der Waals surface area contributed by atoms with Crippen LogP contribution < -0.4 is 5.32 Å². The molecule has 3 rings (SSSR count). The van der Waals surface area contributed by atoms with Crippen LogP contribution in [0.15, 0.2) is 22.9 Å². The molecule has 8 nitrogen and oxygen atoms in total. The molecule has 1 aliphatic rings. The van der Waals surface area contributed by atoms with E-state index < -0.39 is 0 Å². The molecule has 0 radical (unpaired) electrons. The number of carbonyl (C=O) groups is 1. The van der Waals surface area contributed by atoms with Crippen LogP contribution in [0.3, 0.4) is 0 Å². The maximum absolute atomic E-state index is 12.5. The molecule has 8 heteroatoms. The summed E-state index contributed by atoms with van der Waals surface area (Å²) in [6.45, 7) is 5.24. The van der Waals surface area contributed by atoms with Crippen LogP contribution >= 0.6 is 0 Å². The third-order valence-electron chi connectivity index (χ3n) is 3.92. The Hall–Kier alpha value is -2.35. The van der Waals surface area contributed by atoms with Gasteiger partial charge < -0.3 is 23.9 Å². The highest BCUT2D eigenvalue weighted by Crippen LogP contribution is 2.21. The first-order valence-electron chi connectivity index (χ1n) is 7.62. The van der Waals surface area contributed by atoms with Gasteiger partial charge in [0.25, 0.3) is 0 Å². The highest BCUT2D eigenvalue weighted by Gasteiger charge is 2.29. The number of urea groups is 1. The van der Waals surface area contributed by atoms with E-state index >= 15 is 0 Å². The monoisotopic (exact) mass is 319 g/mol. The number of nitrogens with zero attached hydrogens (tertiary/aromatic N) is 4. The van der Waals surface area contributed by atoms with Crippen molar-refractivity contribution < 1.29 is 13.9 Å². The fraction of sp³-hybridized carbons (Fsp3) is 0.533. The molecule has 0 saturated carbocycles. The second-order valence-corrected chi connectivity index (χ2v) is 5.73. The number of nitrogens with one attached hydrogen (secondary N) is 1. The highest BCUT2D eigenvalue weighted by molar-refractivity contribution is 5.74. The molecule has 2 amide bonds. The van der Waals surface area contributed by atoms with Crippen molar-refractivity contribution in [2.75, 3.05) is 19.7 Å². The summed E-state index contributed by atoms with van der Waals surface area (Å²) >= 11 is 0. The van der Waals surface area contributed by atoms with Crippen molar-refractivity contribution in [2.45, 2.75) is 26.0 Å². The summed E-state index contributed by atoms with van der Waals surface area (Å²) in [5.41, 5.74) is 0. The zero-order valence-electron chi connectivity index (χ0n) is 13.5. The predicted octanol–water partition coefficient (Wildman–Crippen LogP) is 1.56. The van der Waals surface area contributed by atoms with Crippen LogP contribution in [-0.4, -0.2) is 45.4 Å². The van der Waals surface area contributed by atoms with Gasteiger partial charge in [-0.3, -0.25) is 0 Å². The molecule has 0 aromatic carbocycles. The van der Waals surface area contributed by atoms with E-state index in [-0.39, 0.29) is 18.2 Å². The van der Waals surface area contributed by atoms with E-state index in [1.807, 2.05) is 33.0 Å². The highest BCUT2D eigenvalue weighted by atomic mass is 16.5. The first-order chi connectivity index (χ1) is 11.0. The second-order valence-electron chi connectivity index (χ2n) is 5.73. The number of aromatic nitrogens is 3. The smallest absolute Gasteiger partial charge is 0.318 e. The molecule has 0 spiro atoms. The van der Waals surface area contributed by atoms with Crippen LogP contribution in [0, 0.1) is 6.92 Å². The normalized spacial score (nSPS) is 19.6. The van der Waals surface area contributed by atoms with Gasteiger partial charge in [-0.05, 0) is 26.0 Å². The lowest BCUT2D eigenvalue weighted by Crippen LogP contribution is -2.48. The molecule has 2 atom stereocenters. The molecular formula is C15H21N5O3. The Morgan fingerprint density at radius 2 is 2.30 bits per heavy atom. The third-order valence-corrected chi connectivity index (χ3v) is 3.92. The van der Waals surface area contributed by atoms with Crippen LogP contribution in [0.5, 0.6) is 0 Å². The van der Waals surface area contributed by atoms with Crippen molar-refractivity contribution in [3.63, 3.8) is 0 Å². The molecule has 2 aromatic rings. The summed E-state index contributed by atoms with van der Waals surface area (Å²) < 4.78 is 13.1. The van der Waals surface area contributed by atoms with E-state index in [1.165, 1.54) is 0 Å². The zero-order chi connectivity index (χ0) is 16.4. The number of rotatable bonds is 3. The molecule has 0 unspecified atom stereocenters. The van der Waals surface area contributed by atoms with Gasteiger partial charge in [-0.1, -0.05) is 0 Å². The number of furan rings is 1. The molecular weight excluding hydrogens is 298 g/mol. The van der Waals surface area contributed by atoms with Gasteiger partial charge >= 0.3 is 6.03 Å². The number of carbonyl (C=O) groups excluding carboxylic acids is 1. The minimum Gasteiger partial charge on any atom is -0.464 e. The minimum atomic E-state index is -0.261. The lowest BCUT2D eigenvalue weighted by Gasteiger charge is -2.33. The Labute approximate surface area is 134 Å². The average molecular weight is 319 g/mol. The molecule has 1 fully saturated rings. The second kappa shape index (κ2) is 6.41. The van der Waals surface area contributed by atoms with Gasteiger partial charge in [-0.25, -0.2) is 4.79 Å². The third kappa shape index (κ3) is 3.37. The van der Waals surface area contributed by atoms with Crippen molar-refractivity contribution >= 4 is 6.03 Å². The first kappa shape index (κ1) is 15.5. The van der Waals surface area contributed by atoms with Crippen LogP contribution in [-0.2, 0) is 11.8 Å². The Kier molecular flexibility index (Phi) is 4.33. The van der Waals surface area contributed by atoms with Crippen LogP contribution in [0.1, 0.15) is 36.4 Å². The van der Waals surface area contributed by atoms with Gasteiger partial charge in [0.1, 0.15) is 24.0 Å². The quantitative estimate of drug-likeness (QED) is 0.928. The van der Waals surface area contributed by atoms with E-state index in [1.54, 1.807) is 15.8 Å². The van der Waals surface area contributed by atoms with Gasteiger partial charge in [0, 0.05) is 13.6 Å². The number of hydrogen-bond donors (Lipinski definition) is 1. The van der Waals surface area contributed by atoms with E-state index in [2.05, 4.69) is 15.5 Å². The maximum atomic E-state index is 12.5. The summed E-state index contributed by atoms with van der Waals surface area (Å²) in [7, 11) is 1.86. The average Bonchev–Trinajstić information content (AvgIpc) is 3.16. The predicted molar refractivity (Wildman–Crippen MR) is 81.7 cm³/mol. The van der Waals surface area contributed by atoms with Crippen molar-refractivity contribution in [1.29, 1.82) is 0 Å². The van der Waals surface area contributed by atoms with Crippen molar-refractivity contribution in [3.05, 3.63) is 35.8 Å². The maximum Gasteiger partial charge on any atom is 0.318 e. The molecule has 23 heavy (non-hydrogen) atoms. The van der Waals surface area contributed by atoms with Crippen LogP contribution in [0.4, 0.5) is 4.79 Å². The molecule has 0 aliphatic carbocycles. The first-order valence-corrected chi connectivity index (χ1v) is 7.62. The van der Waals surface area contributed by atoms with Crippen molar-refractivity contribution in [1.82, 2.24) is 25.0 Å². The fourth-order valence-electron chi connectivity index (χ4n) is 2.61. The molecule has 124 valence electrons. The van der Waals surface area contributed by atoms with Gasteiger partial charge in [0.2, 0.25) is 0 Å². The Morgan fingerprint density at radius 1 is 1.48 bits per heavy atom. The van der Waals surface area contributed by atoms with Crippen molar-refractivity contribution in [3.8, 4) is 0 Å². The van der Waals surface area contributed by atoms with Crippen LogP contribution in [0.25, 0.3) is 0 Å². The lowest BCUT2D eigenvalue weighted by molar-refractivity contribution is -0.0218. The SMILES string of the molecule is Cc1ccc([C@H](C)NC(=O)N2CCO[C@H](c3nncn3C)C2)o1. The van der Waals surface area contributed by atoms with E-state index in [4.69, 9.17) is 9.15 Å². The molecule has 0 bridgehead atoms. The summed E-state index contributed by atoms with van der Waals surface area (Å²) in [5, 5.41) is 10.9. The Morgan fingerprint density at radius 3 is 2.96 bits per heavy atom. The number of hydrogen-bond acceptors (Lipinski definition) is 5. The number of ether oxygens (including phenoxy) is 1. The topological polar surface area (TPSA) is 85.4 Å². The van der Waals surface area contributed by atoms with E-state index in [0.717, 1.165) is 17.3 Å². The summed E-state index contributed by atoms with van der Waals surface area (Å²) in [4.78, 5) is 14.2. The summed E-state index contributed by atoms with van der Waals surface area (Å²) in [6.07, 6.45) is 1.36. The molecule has 3 heterocycles. The molecule has 1 aliphatic heterocycles. The molecule has 1 N–H and O–H groups in total. The van der Waals surface area contributed by atoms with E-state index in [0.29, 0.717) is 19.7 Å². The minimum absolute atomic E-state index is 0.137. The number of aryl methyl sites for hydroxylation is 2. The summed E-state index contributed by atoms with van der Waals surface area (Å²) in [5.74, 6) is 2.29. The lowest BCUT2D eigenvalue weighted by atomic mass is 10.2. The standard InChI is InChI=1S/C15H21N5O3/c1-10-4-5-12(23-10)11(2)17-15(21)20-6-7-22-13(8-20)14-18-16-9-19(14)3/h4-5,9,11,13H,6-8H2,1-3H3,(H,17,21)/t11-,13-/m0/s1. The number of morpholine rings is 1. The van der Waals surface area contributed by atoms with Gasteiger partial charge in [0.15, 0.2) is 5.82 Å². The van der Waals surface area contributed by atoms with Crippen molar-refractivity contribution in [2.24, 2.45) is 7.05 Å². The fourth-order valence-corrected chi connectivity index (χ4v) is 2.61. The van der Waals surface area contributed by atoms with Crippen LogP contribution in [0.2, 0.25) is 0 Å². The largest absolute Gasteiger partial charge is 0.464 e.